The second-order valence-electron chi connectivity index (χ2n) is 3.51. The van der Waals surface area contributed by atoms with Crippen LogP contribution in [0.2, 0.25) is 0 Å². The number of esters is 1. The number of benzene rings is 1. The Bertz CT molecular complexity index is 452. The predicted octanol–water partition coefficient (Wildman–Crippen LogP) is 1.28. The minimum absolute atomic E-state index is 0.00947. The van der Waals surface area contributed by atoms with E-state index < -0.39 is 11.9 Å². The Balaban J connectivity index is 2.49. The molecule has 96 valence electrons. The summed E-state index contributed by atoms with van der Waals surface area (Å²) in [5.74, 6) is -1.81. The highest BCUT2D eigenvalue weighted by molar-refractivity contribution is 5.93. The summed E-state index contributed by atoms with van der Waals surface area (Å²) in [7, 11) is 1.25. The molecule has 0 heterocycles. The number of rotatable bonds is 5. The molecule has 0 atom stereocenters. The lowest BCUT2D eigenvalue weighted by atomic mass is 10.2. The maximum atomic E-state index is 11.4. The molecule has 0 saturated carbocycles. The molecule has 1 aromatic carbocycles. The first-order chi connectivity index (χ1) is 8.52. The summed E-state index contributed by atoms with van der Waals surface area (Å²) in [5.41, 5.74) is 0.623. The molecule has 0 unspecified atom stereocenters. The number of amides is 1. The van der Waals surface area contributed by atoms with Crippen LogP contribution in [0.25, 0.3) is 0 Å². The van der Waals surface area contributed by atoms with E-state index >= 15 is 0 Å². The fourth-order valence-electron chi connectivity index (χ4n) is 1.24. The Morgan fingerprint density at radius 2 is 1.78 bits per heavy atom. The first-order valence-electron chi connectivity index (χ1n) is 5.23. The normalized spacial score (nSPS) is 9.61. The molecule has 18 heavy (non-hydrogen) atoms. The Hall–Kier alpha value is -2.37. The van der Waals surface area contributed by atoms with Gasteiger partial charge in [0.15, 0.2) is 0 Å². The average Bonchev–Trinajstić information content (AvgIpc) is 2.36. The Kier molecular flexibility index (Phi) is 4.86. The van der Waals surface area contributed by atoms with Crippen molar-refractivity contribution in [1.82, 2.24) is 0 Å². The SMILES string of the molecule is COC(=O)CCC(=O)Nc1ccc(C(=O)O)cc1. The van der Waals surface area contributed by atoms with Gasteiger partial charge in [-0.05, 0) is 24.3 Å². The van der Waals surface area contributed by atoms with Crippen LogP contribution in [0.5, 0.6) is 0 Å². The monoisotopic (exact) mass is 251 g/mol. The van der Waals surface area contributed by atoms with Crippen molar-refractivity contribution >= 4 is 23.5 Å². The molecule has 2 N–H and O–H groups in total. The van der Waals surface area contributed by atoms with Crippen molar-refractivity contribution in [3.8, 4) is 0 Å². The van der Waals surface area contributed by atoms with Crippen LogP contribution >= 0.6 is 0 Å². The number of carboxylic acids is 1. The molecular weight excluding hydrogens is 238 g/mol. The lowest BCUT2D eigenvalue weighted by molar-refractivity contribution is -0.141. The molecule has 0 aliphatic rings. The van der Waals surface area contributed by atoms with Crippen LogP contribution in [0.1, 0.15) is 23.2 Å². The van der Waals surface area contributed by atoms with Gasteiger partial charge in [0.2, 0.25) is 5.91 Å². The quantitative estimate of drug-likeness (QED) is 0.769. The van der Waals surface area contributed by atoms with Crippen LogP contribution in [0.4, 0.5) is 5.69 Å². The number of carboxylic acid groups (broad SMARTS) is 1. The molecule has 1 rings (SSSR count). The third kappa shape index (κ3) is 4.25. The van der Waals surface area contributed by atoms with E-state index in [4.69, 9.17) is 5.11 Å². The number of anilines is 1. The van der Waals surface area contributed by atoms with Crippen molar-refractivity contribution in [2.24, 2.45) is 0 Å². The number of hydrogen-bond donors (Lipinski definition) is 2. The molecule has 0 spiro atoms. The molecule has 0 aromatic heterocycles. The van der Waals surface area contributed by atoms with Crippen molar-refractivity contribution in [2.45, 2.75) is 12.8 Å². The Morgan fingerprint density at radius 1 is 1.17 bits per heavy atom. The minimum Gasteiger partial charge on any atom is -0.478 e. The van der Waals surface area contributed by atoms with Gasteiger partial charge in [0, 0.05) is 12.1 Å². The molecule has 0 saturated heterocycles. The molecule has 0 bridgehead atoms. The second kappa shape index (κ2) is 6.39. The smallest absolute Gasteiger partial charge is 0.335 e. The van der Waals surface area contributed by atoms with E-state index in [0.717, 1.165) is 0 Å². The van der Waals surface area contributed by atoms with E-state index in [1.165, 1.54) is 31.4 Å². The van der Waals surface area contributed by atoms with Crippen molar-refractivity contribution in [1.29, 1.82) is 0 Å². The largest absolute Gasteiger partial charge is 0.478 e. The van der Waals surface area contributed by atoms with E-state index in [0.29, 0.717) is 5.69 Å². The lowest BCUT2D eigenvalue weighted by Crippen LogP contribution is -2.14. The molecule has 1 aromatic rings. The minimum atomic E-state index is -1.03. The zero-order chi connectivity index (χ0) is 13.5. The first kappa shape index (κ1) is 13.7. The summed E-state index contributed by atoms with van der Waals surface area (Å²) < 4.78 is 4.41. The summed E-state index contributed by atoms with van der Waals surface area (Å²) in [6.45, 7) is 0. The van der Waals surface area contributed by atoms with Crippen LogP contribution in [0.15, 0.2) is 24.3 Å². The number of nitrogens with one attached hydrogen (secondary N) is 1. The van der Waals surface area contributed by atoms with Crippen molar-refractivity contribution in [3.05, 3.63) is 29.8 Å². The van der Waals surface area contributed by atoms with Crippen LogP contribution in [0, 0.1) is 0 Å². The molecule has 6 heteroatoms. The van der Waals surface area contributed by atoms with Gasteiger partial charge in [0.05, 0.1) is 19.1 Å². The second-order valence-corrected chi connectivity index (χ2v) is 3.51. The summed E-state index contributed by atoms with van der Waals surface area (Å²) >= 11 is 0. The van der Waals surface area contributed by atoms with E-state index in [-0.39, 0.29) is 24.3 Å². The molecule has 0 aliphatic carbocycles. The highest BCUT2D eigenvalue weighted by atomic mass is 16.5. The van der Waals surface area contributed by atoms with E-state index in [2.05, 4.69) is 10.1 Å². The third-order valence-corrected chi connectivity index (χ3v) is 2.20. The van der Waals surface area contributed by atoms with Gasteiger partial charge >= 0.3 is 11.9 Å². The maximum absolute atomic E-state index is 11.4. The number of hydrogen-bond acceptors (Lipinski definition) is 4. The van der Waals surface area contributed by atoms with Crippen LogP contribution < -0.4 is 5.32 Å². The average molecular weight is 251 g/mol. The zero-order valence-electron chi connectivity index (χ0n) is 9.80. The summed E-state index contributed by atoms with van der Waals surface area (Å²) in [5, 5.41) is 11.2. The predicted molar refractivity (Wildman–Crippen MR) is 63.3 cm³/mol. The van der Waals surface area contributed by atoms with Crippen LogP contribution in [0.3, 0.4) is 0 Å². The highest BCUT2D eigenvalue weighted by Gasteiger charge is 2.07. The van der Waals surface area contributed by atoms with Gasteiger partial charge in [-0.2, -0.15) is 0 Å². The van der Waals surface area contributed by atoms with Crippen molar-refractivity contribution < 1.29 is 24.2 Å². The van der Waals surface area contributed by atoms with E-state index in [1.54, 1.807) is 0 Å². The number of carbonyl (C=O) groups excluding carboxylic acids is 2. The van der Waals surface area contributed by atoms with Gasteiger partial charge in [0.25, 0.3) is 0 Å². The van der Waals surface area contributed by atoms with Crippen LogP contribution in [-0.2, 0) is 14.3 Å². The number of carbonyl (C=O) groups is 3. The molecular formula is C12H13NO5. The van der Waals surface area contributed by atoms with Crippen molar-refractivity contribution in [2.75, 3.05) is 12.4 Å². The Morgan fingerprint density at radius 3 is 2.28 bits per heavy atom. The lowest BCUT2D eigenvalue weighted by Gasteiger charge is -2.04. The number of aromatic carboxylic acids is 1. The zero-order valence-corrected chi connectivity index (χ0v) is 9.80. The fourth-order valence-corrected chi connectivity index (χ4v) is 1.24. The highest BCUT2D eigenvalue weighted by Crippen LogP contribution is 2.10. The van der Waals surface area contributed by atoms with Crippen molar-refractivity contribution in [3.63, 3.8) is 0 Å². The number of ether oxygens (including phenoxy) is 1. The third-order valence-electron chi connectivity index (χ3n) is 2.20. The standard InChI is InChI=1S/C12H13NO5/c1-18-11(15)7-6-10(14)13-9-4-2-8(3-5-9)12(16)17/h2-5H,6-7H2,1H3,(H,13,14)(H,16,17). The maximum Gasteiger partial charge on any atom is 0.335 e. The molecule has 0 aliphatic heterocycles. The van der Waals surface area contributed by atoms with E-state index in [9.17, 15) is 14.4 Å². The summed E-state index contributed by atoms with van der Waals surface area (Å²) in [4.78, 5) is 32.8. The van der Waals surface area contributed by atoms with Gasteiger partial charge in [-0.25, -0.2) is 4.79 Å². The molecule has 6 nitrogen and oxygen atoms in total. The van der Waals surface area contributed by atoms with Gasteiger partial charge in [-0.3, -0.25) is 9.59 Å². The molecule has 1 amide bonds. The topological polar surface area (TPSA) is 92.7 Å². The Labute approximate surface area is 104 Å². The number of methoxy groups -OCH3 is 1. The molecule has 0 fully saturated rings. The van der Waals surface area contributed by atoms with Gasteiger partial charge in [0.1, 0.15) is 0 Å². The summed E-state index contributed by atoms with van der Waals surface area (Å²) in [6, 6.07) is 5.75. The van der Waals surface area contributed by atoms with Gasteiger partial charge in [-0.1, -0.05) is 0 Å². The molecule has 0 radical (unpaired) electrons. The van der Waals surface area contributed by atoms with Gasteiger partial charge in [-0.15, -0.1) is 0 Å². The van der Waals surface area contributed by atoms with Gasteiger partial charge < -0.3 is 15.2 Å². The summed E-state index contributed by atoms with van der Waals surface area (Å²) in [6.07, 6.45) is 0.0307. The first-order valence-corrected chi connectivity index (χ1v) is 5.23. The van der Waals surface area contributed by atoms with Crippen LogP contribution in [-0.4, -0.2) is 30.1 Å². The fraction of sp³-hybridized carbons (Fsp3) is 0.250. The van der Waals surface area contributed by atoms with E-state index in [1.807, 2.05) is 0 Å².